The Morgan fingerprint density at radius 1 is 1.61 bits per heavy atom. The van der Waals surface area contributed by atoms with Crippen molar-refractivity contribution in [3.63, 3.8) is 0 Å². The topological polar surface area (TPSA) is 68.0 Å². The maximum absolute atomic E-state index is 12.1. The van der Waals surface area contributed by atoms with E-state index in [1.54, 1.807) is 0 Å². The number of carbonyl (C=O) groups is 1. The number of pyridine rings is 1. The zero-order valence-corrected chi connectivity index (χ0v) is 11.7. The van der Waals surface area contributed by atoms with Crippen molar-refractivity contribution < 1.29 is 4.79 Å². The summed E-state index contributed by atoms with van der Waals surface area (Å²) in [7, 11) is 0. The summed E-state index contributed by atoms with van der Waals surface area (Å²) in [5.74, 6) is -0.163. The quantitative estimate of drug-likeness (QED) is 0.837. The molecule has 2 unspecified atom stereocenters. The molecule has 1 amide bonds. The van der Waals surface area contributed by atoms with Gasteiger partial charge in [0.05, 0.1) is 17.4 Å². The van der Waals surface area contributed by atoms with Crippen molar-refractivity contribution in [2.24, 2.45) is 0 Å². The van der Waals surface area contributed by atoms with Gasteiger partial charge in [-0.25, -0.2) is 4.98 Å². The van der Waals surface area contributed by atoms with Crippen LogP contribution in [0.25, 0.3) is 0 Å². The minimum Gasteiger partial charge on any atom is -0.397 e. The molecule has 2 rings (SSSR count). The van der Waals surface area contributed by atoms with Crippen LogP contribution in [0.4, 0.5) is 5.69 Å². The molecule has 1 saturated carbocycles. The lowest BCUT2D eigenvalue weighted by Crippen LogP contribution is -2.33. The van der Waals surface area contributed by atoms with Gasteiger partial charge in [-0.15, -0.1) is 0 Å². The Hall–Kier alpha value is -0.940. The Morgan fingerprint density at radius 2 is 2.39 bits per heavy atom. The zero-order chi connectivity index (χ0) is 13.1. The van der Waals surface area contributed by atoms with E-state index in [4.69, 9.17) is 17.3 Å². The smallest absolute Gasteiger partial charge is 0.253 e. The van der Waals surface area contributed by atoms with Crippen LogP contribution in [0.1, 0.15) is 29.6 Å². The molecule has 0 saturated heterocycles. The molecule has 1 heterocycles. The van der Waals surface area contributed by atoms with Crippen molar-refractivity contribution in [3.05, 3.63) is 23.0 Å². The number of hydrogen-bond donors (Lipinski definition) is 2. The number of amides is 1. The maximum Gasteiger partial charge on any atom is 0.253 e. The summed E-state index contributed by atoms with van der Waals surface area (Å²) in [6, 6.07) is 1.74. The van der Waals surface area contributed by atoms with E-state index in [1.807, 2.05) is 11.8 Å². The highest BCUT2D eigenvalue weighted by Gasteiger charge is 2.26. The fourth-order valence-corrected chi connectivity index (χ4v) is 3.14. The molecule has 98 valence electrons. The van der Waals surface area contributed by atoms with Crippen molar-refractivity contribution in [2.45, 2.75) is 30.6 Å². The number of nitrogens with one attached hydrogen (secondary N) is 1. The van der Waals surface area contributed by atoms with Gasteiger partial charge < -0.3 is 11.1 Å². The third-order valence-electron chi connectivity index (χ3n) is 3.20. The van der Waals surface area contributed by atoms with Gasteiger partial charge in [0.1, 0.15) is 5.15 Å². The van der Waals surface area contributed by atoms with Gasteiger partial charge in [0.2, 0.25) is 0 Å². The number of nitrogens with zero attached hydrogens (tertiary/aromatic N) is 1. The molecule has 3 N–H and O–H groups in total. The molecule has 1 aliphatic carbocycles. The molecular formula is C12H16ClN3OS. The third-order valence-corrected chi connectivity index (χ3v) is 4.50. The van der Waals surface area contributed by atoms with Crippen molar-refractivity contribution in [1.29, 1.82) is 0 Å². The van der Waals surface area contributed by atoms with Gasteiger partial charge in [0, 0.05) is 11.3 Å². The summed E-state index contributed by atoms with van der Waals surface area (Å²) in [6.07, 6.45) is 6.71. The minimum absolute atomic E-state index is 0.163. The Kier molecular flexibility index (Phi) is 4.35. The molecule has 1 aromatic heterocycles. The van der Waals surface area contributed by atoms with Gasteiger partial charge in [-0.3, -0.25) is 4.79 Å². The van der Waals surface area contributed by atoms with E-state index in [2.05, 4.69) is 16.6 Å². The summed E-state index contributed by atoms with van der Waals surface area (Å²) >= 11 is 7.63. The molecule has 0 bridgehead atoms. The molecule has 1 fully saturated rings. The Bertz CT molecular complexity index is 455. The molecule has 1 aromatic rings. The van der Waals surface area contributed by atoms with E-state index in [0.717, 1.165) is 19.3 Å². The van der Waals surface area contributed by atoms with E-state index in [-0.39, 0.29) is 17.1 Å². The molecular weight excluding hydrogens is 270 g/mol. The second-order valence-corrected chi connectivity index (χ2v) is 5.96. The van der Waals surface area contributed by atoms with Crippen LogP contribution in [-0.4, -0.2) is 28.4 Å². The second kappa shape index (κ2) is 5.80. The largest absolute Gasteiger partial charge is 0.397 e. The lowest BCUT2D eigenvalue weighted by Gasteiger charge is -2.13. The summed E-state index contributed by atoms with van der Waals surface area (Å²) in [5, 5.41) is 3.94. The van der Waals surface area contributed by atoms with Crippen LogP contribution in [-0.2, 0) is 0 Å². The van der Waals surface area contributed by atoms with Crippen LogP contribution >= 0.6 is 23.4 Å². The number of nitrogen functional groups attached to an aromatic ring is 1. The fraction of sp³-hybridized carbons (Fsp3) is 0.500. The molecule has 0 radical (unpaired) electrons. The summed E-state index contributed by atoms with van der Waals surface area (Å²) in [5.41, 5.74) is 6.49. The molecule has 1 aliphatic rings. The highest BCUT2D eigenvalue weighted by atomic mass is 35.5. The molecule has 4 nitrogen and oxygen atoms in total. The van der Waals surface area contributed by atoms with Crippen LogP contribution < -0.4 is 11.1 Å². The Labute approximate surface area is 116 Å². The van der Waals surface area contributed by atoms with E-state index in [9.17, 15) is 4.79 Å². The van der Waals surface area contributed by atoms with Crippen LogP contribution in [0.3, 0.4) is 0 Å². The van der Waals surface area contributed by atoms with E-state index < -0.39 is 0 Å². The number of carbonyl (C=O) groups excluding carboxylic acids is 1. The van der Waals surface area contributed by atoms with Crippen molar-refractivity contribution in [2.75, 3.05) is 12.0 Å². The summed E-state index contributed by atoms with van der Waals surface area (Å²) < 4.78 is 0. The summed E-state index contributed by atoms with van der Waals surface area (Å²) in [6.45, 7) is 0. The van der Waals surface area contributed by atoms with Gasteiger partial charge in [-0.05, 0) is 31.6 Å². The van der Waals surface area contributed by atoms with Crippen molar-refractivity contribution in [1.82, 2.24) is 10.3 Å². The van der Waals surface area contributed by atoms with Gasteiger partial charge in [0.25, 0.3) is 5.91 Å². The number of anilines is 1. The molecule has 0 aliphatic heterocycles. The molecule has 2 atom stereocenters. The average Bonchev–Trinajstić information content (AvgIpc) is 2.80. The zero-order valence-electron chi connectivity index (χ0n) is 10.1. The monoisotopic (exact) mass is 285 g/mol. The van der Waals surface area contributed by atoms with Crippen LogP contribution in [0.2, 0.25) is 5.15 Å². The van der Waals surface area contributed by atoms with Gasteiger partial charge in [-0.1, -0.05) is 11.6 Å². The molecule has 0 spiro atoms. The second-order valence-electron chi connectivity index (χ2n) is 4.44. The number of rotatable bonds is 3. The Morgan fingerprint density at radius 3 is 3.06 bits per heavy atom. The number of nitrogens with two attached hydrogens (primary N) is 1. The first-order chi connectivity index (χ1) is 8.60. The highest BCUT2D eigenvalue weighted by Crippen LogP contribution is 2.28. The molecule has 18 heavy (non-hydrogen) atoms. The molecule has 0 aromatic carbocycles. The number of aromatic nitrogens is 1. The van der Waals surface area contributed by atoms with E-state index in [0.29, 0.717) is 16.5 Å². The van der Waals surface area contributed by atoms with Crippen LogP contribution in [0, 0.1) is 0 Å². The Balaban J connectivity index is 2.02. The third kappa shape index (κ3) is 3.09. The van der Waals surface area contributed by atoms with E-state index >= 15 is 0 Å². The minimum atomic E-state index is -0.163. The predicted molar refractivity (Wildman–Crippen MR) is 76.1 cm³/mol. The first-order valence-electron chi connectivity index (χ1n) is 5.85. The lowest BCUT2D eigenvalue weighted by molar-refractivity contribution is 0.0939. The van der Waals surface area contributed by atoms with Crippen LogP contribution in [0.15, 0.2) is 12.3 Å². The lowest BCUT2D eigenvalue weighted by atomic mass is 10.2. The van der Waals surface area contributed by atoms with E-state index in [1.165, 1.54) is 12.3 Å². The number of halogens is 1. The normalized spacial score (nSPS) is 23.0. The number of hydrogen-bond acceptors (Lipinski definition) is 4. The predicted octanol–water partition coefficient (Wildman–Crippen LogP) is 2.33. The highest BCUT2D eigenvalue weighted by molar-refractivity contribution is 7.99. The van der Waals surface area contributed by atoms with Gasteiger partial charge in [-0.2, -0.15) is 11.8 Å². The van der Waals surface area contributed by atoms with Gasteiger partial charge in [0.15, 0.2) is 0 Å². The standard InChI is InChI=1S/C12H16ClN3OS/c1-18-8-3-2-7(4-8)16-12(17)9-5-11(13)15-6-10(9)14/h5-8H,2-4,14H2,1H3,(H,16,17). The number of thioether (sulfide) groups is 1. The first-order valence-corrected chi connectivity index (χ1v) is 7.51. The average molecular weight is 286 g/mol. The van der Waals surface area contributed by atoms with Gasteiger partial charge >= 0.3 is 0 Å². The summed E-state index contributed by atoms with van der Waals surface area (Å²) in [4.78, 5) is 15.9. The molecule has 6 heteroatoms. The van der Waals surface area contributed by atoms with Crippen molar-refractivity contribution in [3.8, 4) is 0 Å². The maximum atomic E-state index is 12.1. The fourth-order valence-electron chi connectivity index (χ4n) is 2.19. The SMILES string of the molecule is CSC1CCC(NC(=O)c2cc(Cl)ncc2N)C1. The first kappa shape index (κ1) is 13.5. The van der Waals surface area contributed by atoms with Crippen molar-refractivity contribution >= 4 is 35.0 Å². The van der Waals surface area contributed by atoms with Crippen LogP contribution in [0.5, 0.6) is 0 Å².